The molecule has 1 heterocycles. The van der Waals surface area contributed by atoms with Gasteiger partial charge in [0.2, 0.25) is 5.91 Å². The van der Waals surface area contributed by atoms with Crippen molar-refractivity contribution in [2.24, 2.45) is 5.92 Å². The highest BCUT2D eigenvalue weighted by Gasteiger charge is 2.28. The molecule has 1 aromatic carbocycles. The van der Waals surface area contributed by atoms with Crippen molar-refractivity contribution in [1.82, 2.24) is 21.1 Å². The minimum atomic E-state index is -0.248. The SMILES string of the molecule is O=C(NNC(=S)NC1CCCC1)[C@H]1CCCN(C(=O)Nc2ccccc2)C1. The summed E-state index contributed by atoms with van der Waals surface area (Å²) in [4.78, 5) is 26.6. The van der Waals surface area contributed by atoms with E-state index in [1.807, 2.05) is 30.3 Å². The molecule has 0 spiro atoms. The van der Waals surface area contributed by atoms with E-state index >= 15 is 0 Å². The van der Waals surface area contributed by atoms with E-state index in [1.165, 1.54) is 12.8 Å². The highest BCUT2D eigenvalue weighted by atomic mass is 32.1. The average molecular weight is 390 g/mol. The third kappa shape index (κ3) is 5.82. The highest BCUT2D eigenvalue weighted by molar-refractivity contribution is 7.80. The molecule has 7 nitrogen and oxygen atoms in total. The average Bonchev–Trinajstić information content (AvgIpc) is 3.20. The Balaban J connectivity index is 1.43. The predicted molar refractivity (Wildman–Crippen MR) is 109 cm³/mol. The molecule has 8 heteroatoms. The summed E-state index contributed by atoms with van der Waals surface area (Å²) in [6, 6.07) is 9.55. The van der Waals surface area contributed by atoms with Gasteiger partial charge >= 0.3 is 6.03 Å². The number of rotatable bonds is 3. The number of amides is 3. The van der Waals surface area contributed by atoms with Crippen LogP contribution in [0.5, 0.6) is 0 Å². The molecule has 1 aliphatic carbocycles. The number of likely N-dealkylation sites (tertiary alicyclic amines) is 1. The first kappa shape index (κ1) is 19.4. The van der Waals surface area contributed by atoms with Gasteiger partial charge in [-0.2, -0.15) is 0 Å². The van der Waals surface area contributed by atoms with Crippen LogP contribution in [0.25, 0.3) is 0 Å². The first-order chi connectivity index (χ1) is 13.1. The Kier molecular flexibility index (Phi) is 6.86. The van der Waals surface area contributed by atoms with Crippen molar-refractivity contribution >= 4 is 35.0 Å². The summed E-state index contributed by atoms with van der Waals surface area (Å²) in [5, 5.41) is 6.54. The van der Waals surface area contributed by atoms with Crippen LogP contribution >= 0.6 is 12.2 Å². The van der Waals surface area contributed by atoms with Crippen molar-refractivity contribution in [2.45, 2.75) is 44.6 Å². The van der Waals surface area contributed by atoms with Crippen molar-refractivity contribution in [2.75, 3.05) is 18.4 Å². The lowest BCUT2D eigenvalue weighted by molar-refractivity contribution is -0.126. The van der Waals surface area contributed by atoms with Crippen LogP contribution in [0.4, 0.5) is 10.5 Å². The molecule has 2 fully saturated rings. The molecule has 27 heavy (non-hydrogen) atoms. The van der Waals surface area contributed by atoms with Gasteiger partial charge in [-0.15, -0.1) is 0 Å². The van der Waals surface area contributed by atoms with Crippen LogP contribution in [0, 0.1) is 5.92 Å². The van der Waals surface area contributed by atoms with E-state index in [-0.39, 0.29) is 17.9 Å². The van der Waals surface area contributed by atoms with Crippen LogP contribution in [0.1, 0.15) is 38.5 Å². The smallest absolute Gasteiger partial charge is 0.321 e. The summed E-state index contributed by atoms with van der Waals surface area (Å²) in [6.07, 6.45) is 6.22. The number of nitrogens with zero attached hydrogens (tertiary/aromatic N) is 1. The summed E-state index contributed by atoms with van der Waals surface area (Å²) in [5.41, 5.74) is 6.23. The van der Waals surface area contributed by atoms with Gasteiger partial charge in [-0.25, -0.2) is 4.79 Å². The Bertz CT molecular complexity index is 663. The second-order valence-corrected chi connectivity index (χ2v) is 7.56. The second kappa shape index (κ2) is 9.55. The maximum absolute atomic E-state index is 12.4. The van der Waals surface area contributed by atoms with Crippen LogP contribution in [0.2, 0.25) is 0 Å². The van der Waals surface area contributed by atoms with Gasteiger partial charge in [-0.1, -0.05) is 31.0 Å². The first-order valence-electron chi connectivity index (χ1n) is 9.59. The van der Waals surface area contributed by atoms with Crippen LogP contribution in [-0.2, 0) is 4.79 Å². The molecule has 1 atom stereocenters. The fourth-order valence-electron chi connectivity index (χ4n) is 3.61. The zero-order valence-corrected chi connectivity index (χ0v) is 16.2. The summed E-state index contributed by atoms with van der Waals surface area (Å²) >= 11 is 5.24. The van der Waals surface area contributed by atoms with Gasteiger partial charge in [0.25, 0.3) is 0 Å². The number of hydrogen-bond donors (Lipinski definition) is 4. The van der Waals surface area contributed by atoms with Gasteiger partial charge in [0.05, 0.1) is 5.92 Å². The molecular formula is C19H27N5O2S. The van der Waals surface area contributed by atoms with E-state index in [0.29, 0.717) is 24.2 Å². The summed E-state index contributed by atoms with van der Waals surface area (Å²) in [7, 11) is 0. The number of anilines is 1. The third-order valence-electron chi connectivity index (χ3n) is 5.09. The lowest BCUT2D eigenvalue weighted by Gasteiger charge is -2.32. The standard InChI is InChI=1S/C19H27N5O2S/c25-17(22-23-18(27)20-15-10-4-5-11-15)14-7-6-12-24(13-14)19(26)21-16-8-2-1-3-9-16/h1-3,8-9,14-15H,4-7,10-13H2,(H,21,26)(H,22,25)(H2,20,23,27)/t14-/m0/s1. The molecule has 1 aromatic rings. The zero-order chi connectivity index (χ0) is 19.1. The Labute approximate surface area is 165 Å². The second-order valence-electron chi connectivity index (χ2n) is 7.15. The summed E-state index contributed by atoms with van der Waals surface area (Å²) in [5.74, 6) is -0.384. The van der Waals surface area contributed by atoms with Gasteiger partial charge < -0.3 is 15.5 Å². The number of hydrogen-bond acceptors (Lipinski definition) is 3. The van der Waals surface area contributed by atoms with Gasteiger partial charge in [-0.05, 0) is 50.0 Å². The van der Waals surface area contributed by atoms with Crippen molar-refractivity contribution in [1.29, 1.82) is 0 Å². The van der Waals surface area contributed by atoms with Crippen molar-refractivity contribution in [3.63, 3.8) is 0 Å². The number of carbonyl (C=O) groups is 2. The molecule has 1 saturated heterocycles. The Morgan fingerprint density at radius 3 is 2.48 bits per heavy atom. The Hall–Kier alpha value is -2.35. The number of carbonyl (C=O) groups excluding carboxylic acids is 2. The fraction of sp³-hybridized carbons (Fsp3) is 0.526. The molecule has 3 rings (SSSR count). The topological polar surface area (TPSA) is 85.5 Å². The maximum Gasteiger partial charge on any atom is 0.321 e. The molecule has 0 bridgehead atoms. The van der Waals surface area contributed by atoms with E-state index in [2.05, 4.69) is 21.5 Å². The molecule has 3 amide bonds. The van der Waals surface area contributed by atoms with Crippen LogP contribution in [-0.4, -0.2) is 41.1 Å². The lowest BCUT2D eigenvalue weighted by Crippen LogP contribution is -2.53. The predicted octanol–water partition coefficient (Wildman–Crippen LogP) is 2.37. The molecule has 2 aliphatic rings. The van der Waals surface area contributed by atoms with E-state index < -0.39 is 0 Å². The number of hydrazine groups is 1. The number of para-hydroxylation sites is 1. The first-order valence-corrected chi connectivity index (χ1v) is 10.00. The monoisotopic (exact) mass is 389 g/mol. The molecule has 4 N–H and O–H groups in total. The van der Waals surface area contributed by atoms with E-state index in [9.17, 15) is 9.59 Å². The van der Waals surface area contributed by atoms with E-state index in [1.54, 1.807) is 4.90 Å². The fourth-order valence-corrected chi connectivity index (χ4v) is 3.83. The largest absolute Gasteiger partial charge is 0.359 e. The highest BCUT2D eigenvalue weighted by Crippen LogP contribution is 2.18. The maximum atomic E-state index is 12.4. The zero-order valence-electron chi connectivity index (χ0n) is 15.4. The van der Waals surface area contributed by atoms with Gasteiger partial charge in [0, 0.05) is 24.8 Å². The molecule has 1 saturated carbocycles. The number of piperidine rings is 1. The van der Waals surface area contributed by atoms with Crippen LogP contribution in [0.15, 0.2) is 30.3 Å². The normalized spacial score (nSPS) is 20.0. The minimum Gasteiger partial charge on any atom is -0.359 e. The molecular weight excluding hydrogens is 362 g/mol. The van der Waals surface area contributed by atoms with Crippen molar-refractivity contribution in [3.8, 4) is 0 Å². The summed E-state index contributed by atoms with van der Waals surface area (Å²) < 4.78 is 0. The number of nitrogens with one attached hydrogen (secondary N) is 4. The molecule has 146 valence electrons. The molecule has 1 aliphatic heterocycles. The molecule has 0 radical (unpaired) electrons. The Morgan fingerprint density at radius 1 is 1.00 bits per heavy atom. The van der Waals surface area contributed by atoms with E-state index in [0.717, 1.165) is 31.4 Å². The van der Waals surface area contributed by atoms with Gasteiger partial charge in [0.1, 0.15) is 0 Å². The third-order valence-corrected chi connectivity index (χ3v) is 5.31. The summed E-state index contributed by atoms with van der Waals surface area (Å²) in [6.45, 7) is 1.05. The Morgan fingerprint density at radius 2 is 1.74 bits per heavy atom. The molecule has 0 unspecified atom stereocenters. The number of thiocarbonyl (C=S) groups is 1. The van der Waals surface area contributed by atoms with Crippen molar-refractivity contribution < 1.29 is 9.59 Å². The van der Waals surface area contributed by atoms with Crippen LogP contribution < -0.4 is 21.5 Å². The molecule has 0 aromatic heterocycles. The van der Waals surface area contributed by atoms with Gasteiger partial charge in [-0.3, -0.25) is 15.6 Å². The van der Waals surface area contributed by atoms with Crippen LogP contribution in [0.3, 0.4) is 0 Å². The minimum absolute atomic E-state index is 0.136. The lowest BCUT2D eigenvalue weighted by atomic mass is 9.98. The van der Waals surface area contributed by atoms with Gasteiger partial charge in [0.15, 0.2) is 5.11 Å². The van der Waals surface area contributed by atoms with E-state index in [4.69, 9.17) is 12.2 Å². The quantitative estimate of drug-likeness (QED) is 0.471. The number of urea groups is 1. The van der Waals surface area contributed by atoms with Crippen molar-refractivity contribution in [3.05, 3.63) is 30.3 Å². The number of benzene rings is 1.